The average Bonchev–Trinajstić information content (AvgIpc) is 1.85. The molecule has 0 bridgehead atoms. The van der Waals surface area contributed by atoms with Gasteiger partial charge in [0.2, 0.25) is 5.91 Å². The molecule has 0 aromatic heterocycles. The smallest absolute Gasteiger partial charge is 0.224 e. The second-order valence-electron chi connectivity index (χ2n) is 2.38. The largest absolute Gasteiger partial charge is 0.341 e. The Hall–Kier alpha value is -0.650. The van der Waals surface area contributed by atoms with Crippen LogP contribution in [0.2, 0.25) is 0 Å². The number of carbonyl (C=O) groups excluding carboxylic acids is 1. The summed E-state index contributed by atoms with van der Waals surface area (Å²) in [7, 11) is 0. The molecule has 58 valence electrons. The number of rotatable bonds is 1. The number of hydrazine groups is 1. The van der Waals surface area contributed by atoms with E-state index in [0.717, 1.165) is 0 Å². The molecule has 0 spiro atoms. The van der Waals surface area contributed by atoms with Gasteiger partial charge in [-0.25, -0.2) is 5.43 Å². The maximum Gasteiger partial charge on any atom is 0.224 e. The van der Waals surface area contributed by atoms with Crippen LogP contribution < -0.4 is 21.9 Å². The number of amides is 1. The van der Waals surface area contributed by atoms with E-state index in [0.29, 0.717) is 6.42 Å². The van der Waals surface area contributed by atoms with Crippen LogP contribution in [-0.2, 0) is 4.79 Å². The molecule has 5 heteroatoms. The molecule has 1 aliphatic rings. The standard InChI is InChI=1S/C5H12N4O/c1-3-7-4(9-6)2-5(10)8-3/h3-4,7,9H,2,6H2,1H3,(H,8,10). The molecule has 1 aliphatic heterocycles. The molecule has 0 aromatic carbocycles. The van der Waals surface area contributed by atoms with E-state index in [1.807, 2.05) is 6.92 Å². The van der Waals surface area contributed by atoms with Gasteiger partial charge < -0.3 is 5.32 Å². The molecular weight excluding hydrogens is 132 g/mol. The summed E-state index contributed by atoms with van der Waals surface area (Å²) in [5.41, 5.74) is 2.49. The van der Waals surface area contributed by atoms with Crippen molar-refractivity contribution in [1.82, 2.24) is 16.1 Å². The van der Waals surface area contributed by atoms with Crippen LogP contribution in [0.4, 0.5) is 0 Å². The summed E-state index contributed by atoms with van der Waals surface area (Å²) < 4.78 is 0. The Balaban J connectivity index is 2.42. The van der Waals surface area contributed by atoms with Gasteiger partial charge in [0.05, 0.1) is 18.8 Å². The molecule has 5 nitrogen and oxygen atoms in total. The number of carbonyl (C=O) groups is 1. The summed E-state index contributed by atoms with van der Waals surface area (Å²) >= 11 is 0. The SMILES string of the molecule is CC1NC(=O)CC(NN)N1. The maximum atomic E-state index is 10.8. The molecule has 2 atom stereocenters. The van der Waals surface area contributed by atoms with Gasteiger partial charge in [0.15, 0.2) is 0 Å². The van der Waals surface area contributed by atoms with E-state index in [1.54, 1.807) is 0 Å². The quantitative estimate of drug-likeness (QED) is 0.259. The van der Waals surface area contributed by atoms with Crippen LogP contribution in [0.3, 0.4) is 0 Å². The highest BCUT2D eigenvalue weighted by Gasteiger charge is 2.20. The van der Waals surface area contributed by atoms with Crippen molar-refractivity contribution in [3.05, 3.63) is 0 Å². The van der Waals surface area contributed by atoms with Gasteiger partial charge in [0, 0.05) is 0 Å². The van der Waals surface area contributed by atoms with E-state index in [4.69, 9.17) is 5.84 Å². The van der Waals surface area contributed by atoms with Crippen molar-refractivity contribution in [2.45, 2.75) is 25.7 Å². The van der Waals surface area contributed by atoms with Crippen LogP contribution >= 0.6 is 0 Å². The van der Waals surface area contributed by atoms with Gasteiger partial charge in [-0.3, -0.25) is 16.0 Å². The zero-order valence-electron chi connectivity index (χ0n) is 5.85. The molecule has 0 saturated carbocycles. The van der Waals surface area contributed by atoms with Crippen LogP contribution in [0, 0.1) is 0 Å². The third kappa shape index (κ3) is 1.66. The summed E-state index contributed by atoms with van der Waals surface area (Å²) in [6.45, 7) is 1.86. The highest BCUT2D eigenvalue weighted by Crippen LogP contribution is 1.94. The van der Waals surface area contributed by atoms with E-state index in [2.05, 4.69) is 16.1 Å². The minimum Gasteiger partial charge on any atom is -0.341 e. The Kier molecular flexibility index (Phi) is 2.21. The number of hydrogen-bond donors (Lipinski definition) is 4. The molecule has 0 aliphatic carbocycles. The van der Waals surface area contributed by atoms with Gasteiger partial charge in [0.25, 0.3) is 0 Å². The summed E-state index contributed by atoms with van der Waals surface area (Å²) in [5, 5.41) is 5.73. The highest BCUT2D eigenvalue weighted by molar-refractivity contribution is 5.77. The Bertz CT molecular complexity index is 138. The van der Waals surface area contributed by atoms with E-state index < -0.39 is 0 Å². The third-order valence-corrected chi connectivity index (χ3v) is 1.42. The molecule has 2 unspecified atom stereocenters. The van der Waals surface area contributed by atoms with Crippen LogP contribution in [0.1, 0.15) is 13.3 Å². The van der Waals surface area contributed by atoms with Crippen molar-refractivity contribution in [2.75, 3.05) is 0 Å². The number of nitrogens with two attached hydrogens (primary N) is 1. The lowest BCUT2D eigenvalue weighted by Crippen LogP contribution is -2.61. The molecule has 5 N–H and O–H groups in total. The van der Waals surface area contributed by atoms with E-state index in [1.165, 1.54) is 0 Å². The predicted octanol–water partition coefficient (Wildman–Crippen LogP) is -1.77. The molecule has 10 heavy (non-hydrogen) atoms. The van der Waals surface area contributed by atoms with Crippen LogP contribution in [0.15, 0.2) is 0 Å². The lowest BCUT2D eigenvalue weighted by molar-refractivity contribution is -0.124. The molecule has 1 fully saturated rings. The van der Waals surface area contributed by atoms with Gasteiger partial charge >= 0.3 is 0 Å². The summed E-state index contributed by atoms with van der Waals surface area (Å²) in [6, 6.07) is 0. The molecule has 1 saturated heterocycles. The third-order valence-electron chi connectivity index (χ3n) is 1.42. The fraction of sp³-hybridized carbons (Fsp3) is 0.800. The highest BCUT2D eigenvalue weighted by atomic mass is 16.2. The first-order valence-electron chi connectivity index (χ1n) is 3.24. The summed E-state index contributed by atoms with van der Waals surface area (Å²) in [4.78, 5) is 10.8. The normalized spacial score (nSPS) is 33.6. The first kappa shape index (κ1) is 7.46. The zero-order valence-corrected chi connectivity index (χ0v) is 5.85. The Morgan fingerprint density at radius 1 is 1.80 bits per heavy atom. The molecule has 1 rings (SSSR count). The Labute approximate surface area is 59.3 Å². The van der Waals surface area contributed by atoms with Crippen LogP contribution in [-0.4, -0.2) is 18.2 Å². The Morgan fingerprint density at radius 3 is 3.00 bits per heavy atom. The fourth-order valence-corrected chi connectivity index (χ4v) is 0.995. The van der Waals surface area contributed by atoms with Crippen molar-refractivity contribution in [1.29, 1.82) is 0 Å². The molecule has 1 amide bonds. The lowest BCUT2D eigenvalue weighted by atomic mass is 10.2. The lowest BCUT2D eigenvalue weighted by Gasteiger charge is -2.28. The second-order valence-corrected chi connectivity index (χ2v) is 2.38. The minimum atomic E-state index is -0.0938. The number of nitrogens with one attached hydrogen (secondary N) is 3. The summed E-state index contributed by atoms with van der Waals surface area (Å²) in [5.74, 6) is 5.16. The van der Waals surface area contributed by atoms with Crippen molar-refractivity contribution in [2.24, 2.45) is 5.84 Å². The molecule has 0 radical (unpaired) electrons. The van der Waals surface area contributed by atoms with Crippen molar-refractivity contribution < 1.29 is 4.79 Å². The zero-order chi connectivity index (χ0) is 7.56. The van der Waals surface area contributed by atoms with Gasteiger partial charge in [-0.15, -0.1) is 0 Å². The van der Waals surface area contributed by atoms with E-state index >= 15 is 0 Å². The number of hydrogen-bond acceptors (Lipinski definition) is 4. The summed E-state index contributed by atoms with van der Waals surface area (Å²) in [6.07, 6.45) is 0.298. The van der Waals surface area contributed by atoms with Crippen molar-refractivity contribution >= 4 is 5.91 Å². The fourth-order valence-electron chi connectivity index (χ4n) is 0.995. The first-order chi connectivity index (χ1) is 4.72. The molecular formula is C5H12N4O. The maximum absolute atomic E-state index is 10.8. The Morgan fingerprint density at radius 2 is 2.50 bits per heavy atom. The van der Waals surface area contributed by atoms with Crippen molar-refractivity contribution in [3.63, 3.8) is 0 Å². The topological polar surface area (TPSA) is 79.2 Å². The van der Waals surface area contributed by atoms with Crippen molar-refractivity contribution in [3.8, 4) is 0 Å². The van der Waals surface area contributed by atoms with Gasteiger partial charge in [0.1, 0.15) is 0 Å². The minimum absolute atomic E-state index is 0.00213. The van der Waals surface area contributed by atoms with E-state index in [-0.39, 0.29) is 18.2 Å². The van der Waals surface area contributed by atoms with Gasteiger partial charge in [-0.05, 0) is 6.92 Å². The molecule has 1 heterocycles. The first-order valence-corrected chi connectivity index (χ1v) is 3.24. The van der Waals surface area contributed by atoms with Gasteiger partial charge in [-0.2, -0.15) is 0 Å². The second kappa shape index (κ2) is 2.96. The molecule has 0 aromatic rings. The monoisotopic (exact) mass is 144 g/mol. The predicted molar refractivity (Wildman–Crippen MR) is 36.5 cm³/mol. The van der Waals surface area contributed by atoms with Crippen LogP contribution in [0.25, 0.3) is 0 Å². The van der Waals surface area contributed by atoms with E-state index in [9.17, 15) is 4.79 Å². The average molecular weight is 144 g/mol. The van der Waals surface area contributed by atoms with Gasteiger partial charge in [-0.1, -0.05) is 0 Å². The van der Waals surface area contributed by atoms with Crippen LogP contribution in [0.5, 0.6) is 0 Å².